The summed E-state index contributed by atoms with van der Waals surface area (Å²) in [4.78, 5) is 4.31. The van der Waals surface area contributed by atoms with Gasteiger partial charge in [0.2, 0.25) is 5.13 Å². The van der Waals surface area contributed by atoms with Crippen LogP contribution in [0.15, 0.2) is 34.7 Å². The molecule has 0 atom stereocenters. The number of aromatic nitrogens is 1. The fourth-order valence-corrected chi connectivity index (χ4v) is 2.59. The Kier molecular flexibility index (Phi) is 3.11. The number of nitrogens with one attached hydrogen (secondary N) is 1. The lowest BCUT2D eigenvalue weighted by Gasteiger charge is -2.02. The van der Waals surface area contributed by atoms with Crippen molar-refractivity contribution in [3.05, 3.63) is 46.5 Å². The Morgan fingerprint density at radius 1 is 1.39 bits per heavy atom. The Bertz CT molecular complexity index is 570. The van der Waals surface area contributed by atoms with Gasteiger partial charge in [0.05, 0.1) is 11.9 Å². The number of thiazole rings is 1. The van der Waals surface area contributed by atoms with Crippen LogP contribution in [0.1, 0.15) is 35.6 Å². The molecule has 18 heavy (non-hydrogen) atoms. The van der Waals surface area contributed by atoms with E-state index in [1.54, 1.807) is 11.3 Å². The molecular formula is C14H15N3S. The Labute approximate surface area is 111 Å². The van der Waals surface area contributed by atoms with Crippen molar-refractivity contribution in [1.82, 2.24) is 4.98 Å². The van der Waals surface area contributed by atoms with Crippen molar-refractivity contribution in [3.63, 3.8) is 0 Å². The molecule has 1 aromatic carbocycles. The molecular weight excluding hydrogens is 242 g/mol. The van der Waals surface area contributed by atoms with Crippen LogP contribution in [0.3, 0.4) is 0 Å². The van der Waals surface area contributed by atoms with Crippen molar-refractivity contribution in [2.24, 2.45) is 5.10 Å². The van der Waals surface area contributed by atoms with Gasteiger partial charge in [0.15, 0.2) is 0 Å². The van der Waals surface area contributed by atoms with Gasteiger partial charge in [-0.1, -0.05) is 24.3 Å². The van der Waals surface area contributed by atoms with Crippen molar-refractivity contribution in [2.75, 3.05) is 5.43 Å². The van der Waals surface area contributed by atoms with Crippen LogP contribution >= 0.6 is 11.3 Å². The predicted molar refractivity (Wildman–Crippen MR) is 76.5 cm³/mol. The fourth-order valence-electron chi connectivity index (χ4n) is 1.96. The van der Waals surface area contributed by atoms with Gasteiger partial charge >= 0.3 is 0 Å². The average molecular weight is 257 g/mol. The molecule has 1 aromatic heterocycles. The minimum absolute atomic E-state index is 0.745. The lowest BCUT2D eigenvalue weighted by atomic mass is 10.0. The highest BCUT2D eigenvalue weighted by Crippen LogP contribution is 2.41. The molecule has 2 aromatic rings. The molecule has 4 heteroatoms. The number of anilines is 1. The third kappa shape index (κ3) is 2.59. The van der Waals surface area contributed by atoms with E-state index in [-0.39, 0.29) is 0 Å². The smallest absolute Gasteiger partial charge is 0.203 e. The Hall–Kier alpha value is -1.68. The molecule has 1 aliphatic carbocycles. The summed E-state index contributed by atoms with van der Waals surface area (Å²) in [6.45, 7) is 1.98. The summed E-state index contributed by atoms with van der Waals surface area (Å²) in [5.74, 6) is 0.745. The normalized spacial score (nSPS) is 15.2. The van der Waals surface area contributed by atoms with Gasteiger partial charge < -0.3 is 0 Å². The topological polar surface area (TPSA) is 37.3 Å². The zero-order chi connectivity index (χ0) is 12.4. The summed E-state index contributed by atoms with van der Waals surface area (Å²) < 4.78 is 0. The van der Waals surface area contributed by atoms with E-state index in [1.807, 2.05) is 18.5 Å². The Morgan fingerprint density at radius 3 is 2.94 bits per heavy atom. The van der Waals surface area contributed by atoms with Crippen LogP contribution in [0.2, 0.25) is 0 Å². The zero-order valence-corrected chi connectivity index (χ0v) is 11.1. The van der Waals surface area contributed by atoms with E-state index in [2.05, 4.69) is 39.8 Å². The maximum absolute atomic E-state index is 4.31. The Balaban J connectivity index is 1.72. The average Bonchev–Trinajstić information content (AvgIpc) is 3.14. The summed E-state index contributed by atoms with van der Waals surface area (Å²) in [6.07, 6.45) is 4.51. The second kappa shape index (κ2) is 4.90. The number of benzene rings is 1. The summed E-state index contributed by atoms with van der Waals surface area (Å²) in [5.41, 5.74) is 6.63. The molecule has 0 saturated heterocycles. The van der Waals surface area contributed by atoms with Crippen molar-refractivity contribution < 1.29 is 0 Å². The van der Waals surface area contributed by atoms with Gasteiger partial charge in [0.1, 0.15) is 0 Å². The van der Waals surface area contributed by atoms with E-state index in [1.165, 1.54) is 24.0 Å². The Morgan fingerprint density at radius 2 is 2.22 bits per heavy atom. The number of hydrazone groups is 1. The standard InChI is InChI=1S/C14H15N3S/c1-10-9-18-14(16-10)17-15-8-12-4-2-3-5-13(12)11-6-7-11/h2-5,8-9,11H,6-7H2,1H3,(H,16,17). The summed E-state index contributed by atoms with van der Waals surface area (Å²) in [6, 6.07) is 8.47. The molecule has 1 N–H and O–H groups in total. The third-order valence-electron chi connectivity index (χ3n) is 3.00. The minimum atomic E-state index is 0.745. The van der Waals surface area contributed by atoms with Crippen LogP contribution in [-0.4, -0.2) is 11.2 Å². The maximum atomic E-state index is 4.31. The van der Waals surface area contributed by atoms with Crippen LogP contribution in [0.4, 0.5) is 5.13 Å². The molecule has 1 heterocycles. The fraction of sp³-hybridized carbons (Fsp3) is 0.286. The van der Waals surface area contributed by atoms with Crippen molar-refractivity contribution >= 4 is 22.7 Å². The number of nitrogens with zero attached hydrogens (tertiary/aromatic N) is 2. The van der Waals surface area contributed by atoms with Crippen molar-refractivity contribution in [1.29, 1.82) is 0 Å². The van der Waals surface area contributed by atoms with E-state index in [0.29, 0.717) is 0 Å². The van der Waals surface area contributed by atoms with Gasteiger partial charge in [0, 0.05) is 5.38 Å². The molecule has 92 valence electrons. The summed E-state index contributed by atoms with van der Waals surface area (Å²) >= 11 is 1.57. The van der Waals surface area contributed by atoms with Crippen molar-refractivity contribution in [3.8, 4) is 0 Å². The molecule has 0 aliphatic heterocycles. The minimum Gasteiger partial charge on any atom is -0.253 e. The zero-order valence-electron chi connectivity index (χ0n) is 10.3. The SMILES string of the molecule is Cc1csc(NN=Cc2ccccc2C2CC2)n1. The van der Waals surface area contributed by atoms with Crippen LogP contribution in [0.25, 0.3) is 0 Å². The number of hydrogen-bond acceptors (Lipinski definition) is 4. The van der Waals surface area contributed by atoms with Gasteiger partial charge in [-0.15, -0.1) is 11.3 Å². The van der Waals surface area contributed by atoms with Crippen LogP contribution < -0.4 is 5.43 Å². The lowest BCUT2D eigenvalue weighted by Crippen LogP contribution is -1.94. The lowest BCUT2D eigenvalue weighted by molar-refractivity contribution is 1.12. The molecule has 0 unspecified atom stereocenters. The molecule has 0 radical (unpaired) electrons. The van der Waals surface area contributed by atoms with E-state index in [9.17, 15) is 0 Å². The first-order valence-corrected chi connectivity index (χ1v) is 7.01. The van der Waals surface area contributed by atoms with Gasteiger partial charge in [-0.05, 0) is 36.8 Å². The molecule has 3 nitrogen and oxygen atoms in total. The summed E-state index contributed by atoms with van der Waals surface area (Å²) in [5, 5.41) is 7.12. The molecule has 0 amide bonds. The number of aryl methyl sites for hydroxylation is 1. The van der Waals surface area contributed by atoms with E-state index < -0.39 is 0 Å². The van der Waals surface area contributed by atoms with Gasteiger partial charge in [-0.25, -0.2) is 4.98 Å². The van der Waals surface area contributed by atoms with Crippen LogP contribution in [0.5, 0.6) is 0 Å². The molecule has 3 rings (SSSR count). The van der Waals surface area contributed by atoms with Gasteiger partial charge in [0.25, 0.3) is 0 Å². The molecule has 0 spiro atoms. The quantitative estimate of drug-likeness (QED) is 0.668. The first-order chi connectivity index (χ1) is 8.83. The summed E-state index contributed by atoms with van der Waals surface area (Å²) in [7, 11) is 0. The van der Waals surface area contributed by atoms with Gasteiger partial charge in [-0.2, -0.15) is 5.10 Å². The first-order valence-electron chi connectivity index (χ1n) is 6.13. The second-order valence-electron chi connectivity index (χ2n) is 4.57. The van der Waals surface area contributed by atoms with E-state index in [0.717, 1.165) is 16.7 Å². The number of hydrogen-bond donors (Lipinski definition) is 1. The maximum Gasteiger partial charge on any atom is 0.203 e. The largest absolute Gasteiger partial charge is 0.253 e. The highest BCUT2D eigenvalue weighted by Gasteiger charge is 2.24. The predicted octanol–water partition coefficient (Wildman–Crippen LogP) is 3.77. The molecule has 1 fully saturated rings. The van der Waals surface area contributed by atoms with E-state index in [4.69, 9.17) is 0 Å². The van der Waals surface area contributed by atoms with Crippen LogP contribution in [-0.2, 0) is 0 Å². The van der Waals surface area contributed by atoms with Crippen LogP contribution in [0, 0.1) is 6.92 Å². The first kappa shape index (κ1) is 11.4. The third-order valence-corrected chi connectivity index (χ3v) is 3.86. The van der Waals surface area contributed by atoms with Crippen molar-refractivity contribution in [2.45, 2.75) is 25.7 Å². The highest BCUT2D eigenvalue weighted by molar-refractivity contribution is 7.13. The van der Waals surface area contributed by atoms with Gasteiger partial charge in [-0.3, -0.25) is 5.43 Å². The van der Waals surface area contributed by atoms with E-state index >= 15 is 0 Å². The number of rotatable bonds is 4. The monoisotopic (exact) mass is 257 g/mol. The molecule has 0 bridgehead atoms. The highest BCUT2D eigenvalue weighted by atomic mass is 32.1. The molecule has 1 aliphatic rings. The second-order valence-corrected chi connectivity index (χ2v) is 5.43. The molecule has 1 saturated carbocycles.